The molecule has 2 heterocycles. The van der Waals surface area contributed by atoms with Gasteiger partial charge in [-0.15, -0.1) is 11.3 Å². The smallest absolute Gasteiger partial charge is 0.243 e. The van der Waals surface area contributed by atoms with E-state index in [0.717, 1.165) is 29.3 Å². The van der Waals surface area contributed by atoms with E-state index in [0.29, 0.717) is 12.5 Å². The molecule has 0 aliphatic carbocycles. The highest BCUT2D eigenvalue weighted by Gasteiger charge is 2.18. The molecule has 2 aromatic heterocycles. The minimum atomic E-state index is -0.125. The summed E-state index contributed by atoms with van der Waals surface area (Å²) in [5.74, 6) is 1.52. The molecule has 1 amide bonds. The van der Waals surface area contributed by atoms with Crippen LogP contribution in [0, 0.1) is 0 Å². The molecule has 0 aromatic carbocycles. The number of nitrogens with zero attached hydrogens (tertiary/aromatic N) is 2. The normalized spacial score (nSPS) is 12.5. The van der Waals surface area contributed by atoms with Gasteiger partial charge in [-0.3, -0.25) is 4.79 Å². The Labute approximate surface area is 146 Å². The van der Waals surface area contributed by atoms with E-state index in [1.165, 1.54) is 0 Å². The van der Waals surface area contributed by atoms with E-state index in [-0.39, 0.29) is 11.9 Å². The van der Waals surface area contributed by atoms with Crippen molar-refractivity contribution < 1.29 is 4.79 Å². The highest BCUT2D eigenvalue weighted by Crippen LogP contribution is 2.18. The predicted molar refractivity (Wildman–Crippen MR) is 99.4 cm³/mol. The van der Waals surface area contributed by atoms with Crippen molar-refractivity contribution in [1.29, 1.82) is 0 Å². The lowest BCUT2D eigenvalue weighted by Crippen LogP contribution is -2.33. The van der Waals surface area contributed by atoms with Gasteiger partial charge in [0.2, 0.25) is 5.91 Å². The van der Waals surface area contributed by atoms with Crippen LogP contribution in [0.15, 0.2) is 29.9 Å². The molecule has 2 aromatic rings. The second-order valence-electron chi connectivity index (χ2n) is 5.79. The molecule has 0 spiro atoms. The summed E-state index contributed by atoms with van der Waals surface area (Å²) in [6.45, 7) is 4.93. The Morgan fingerprint density at radius 3 is 2.74 bits per heavy atom. The van der Waals surface area contributed by atoms with Crippen molar-refractivity contribution in [2.45, 2.75) is 38.6 Å². The van der Waals surface area contributed by atoms with Crippen LogP contribution in [0.2, 0.25) is 0 Å². The zero-order valence-electron chi connectivity index (χ0n) is 14.0. The molecule has 1 atom stereocenters. The molecular weight excluding hydrogens is 326 g/mol. The summed E-state index contributed by atoms with van der Waals surface area (Å²) < 4.78 is 1.99. The minimum Gasteiger partial charge on any atom is -0.354 e. The molecule has 2 rings (SSSR count). The third-order valence-electron chi connectivity index (χ3n) is 3.68. The summed E-state index contributed by atoms with van der Waals surface area (Å²) in [5, 5.41) is 6.27. The van der Waals surface area contributed by atoms with Crippen LogP contribution >= 0.6 is 23.1 Å². The Balaban J connectivity index is 1.85. The number of thiazole rings is 1. The van der Waals surface area contributed by atoms with Crippen LogP contribution in [0.4, 0.5) is 0 Å². The number of amides is 1. The summed E-state index contributed by atoms with van der Waals surface area (Å²) in [6, 6.07) is 3.80. The van der Waals surface area contributed by atoms with E-state index in [4.69, 9.17) is 0 Å². The molecule has 23 heavy (non-hydrogen) atoms. The van der Waals surface area contributed by atoms with E-state index in [2.05, 4.69) is 35.8 Å². The van der Waals surface area contributed by atoms with Crippen LogP contribution in [-0.2, 0) is 11.2 Å². The van der Waals surface area contributed by atoms with Gasteiger partial charge in [-0.25, -0.2) is 4.98 Å². The quantitative estimate of drug-likeness (QED) is 0.749. The van der Waals surface area contributed by atoms with Crippen molar-refractivity contribution in [3.05, 3.63) is 40.6 Å². The van der Waals surface area contributed by atoms with Gasteiger partial charge < -0.3 is 9.88 Å². The first-order valence-corrected chi connectivity index (χ1v) is 10.2. The maximum Gasteiger partial charge on any atom is 0.243 e. The monoisotopic (exact) mass is 351 g/mol. The lowest BCUT2D eigenvalue weighted by atomic mass is 10.2. The van der Waals surface area contributed by atoms with Gasteiger partial charge >= 0.3 is 0 Å². The van der Waals surface area contributed by atoms with Gasteiger partial charge in [-0.2, -0.15) is 11.8 Å². The lowest BCUT2D eigenvalue weighted by molar-refractivity contribution is -0.124. The van der Waals surface area contributed by atoms with E-state index >= 15 is 0 Å². The highest BCUT2D eigenvalue weighted by atomic mass is 32.2. The van der Waals surface area contributed by atoms with Crippen LogP contribution in [0.3, 0.4) is 0 Å². The van der Waals surface area contributed by atoms with Crippen molar-refractivity contribution >= 4 is 29.0 Å². The SMILES string of the molecule is CSCCC(C(=O)NCCc1nc(C(C)C)cs1)n1cccc1. The molecule has 1 N–H and O–H groups in total. The average Bonchev–Trinajstić information content (AvgIpc) is 3.19. The van der Waals surface area contributed by atoms with Gasteiger partial charge in [-0.05, 0) is 36.5 Å². The number of hydrogen-bond acceptors (Lipinski definition) is 4. The highest BCUT2D eigenvalue weighted by molar-refractivity contribution is 7.98. The van der Waals surface area contributed by atoms with Crippen LogP contribution in [0.1, 0.15) is 42.9 Å². The number of carbonyl (C=O) groups excluding carboxylic acids is 1. The minimum absolute atomic E-state index is 0.0934. The van der Waals surface area contributed by atoms with E-state index in [9.17, 15) is 4.79 Å². The summed E-state index contributed by atoms with van der Waals surface area (Å²) in [4.78, 5) is 17.1. The lowest BCUT2D eigenvalue weighted by Gasteiger charge is -2.18. The van der Waals surface area contributed by atoms with Gasteiger partial charge in [0.05, 0.1) is 10.7 Å². The second-order valence-corrected chi connectivity index (χ2v) is 7.72. The third kappa shape index (κ3) is 5.39. The Bertz CT molecular complexity index is 593. The van der Waals surface area contributed by atoms with Crippen molar-refractivity contribution in [2.75, 3.05) is 18.6 Å². The molecule has 0 bridgehead atoms. The number of carbonyl (C=O) groups is 1. The number of hydrogen-bond donors (Lipinski definition) is 1. The molecule has 6 heteroatoms. The number of thioether (sulfide) groups is 1. The van der Waals surface area contributed by atoms with Crippen LogP contribution in [0.5, 0.6) is 0 Å². The van der Waals surface area contributed by atoms with Gasteiger partial charge in [0.25, 0.3) is 0 Å². The molecule has 4 nitrogen and oxygen atoms in total. The predicted octanol–water partition coefficient (Wildman–Crippen LogP) is 3.72. The summed E-state index contributed by atoms with van der Waals surface area (Å²) >= 11 is 3.45. The first-order chi connectivity index (χ1) is 11.1. The molecular formula is C17H25N3OS2. The zero-order valence-corrected chi connectivity index (χ0v) is 15.6. The van der Waals surface area contributed by atoms with Crippen molar-refractivity contribution in [3.8, 4) is 0 Å². The fourth-order valence-corrected chi connectivity index (χ4v) is 3.73. The van der Waals surface area contributed by atoms with Crippen molar-refractivity contribution in [2.24, 2.45) is 0 Å². The Morgan fingerprint density at radius 2 is 2.13 bits per heavy atom. The number of rotatable bonds is 9. The molecule has 0 saturated carbocycles. The topological polar surface area (TPSA) is 46.9 Å². The maximum atomic E-state index is 12.5. The average molecular weight is 352 g/mol. The van der Waals surface area contributed by atoms with Crippen LogP contribution in [0.25, 0.3) is 0 Å². The maximum absolute atomic E-state index is 12.5. The summed E-state index contributed by atoms with van der Waals surface area (Å²) in [7, 11) is 0. The Kier molecular flexibility index (Phi) is 7.17. The first kappa shape index (κ1) is 18.1. The van der Waals surface area contributed by atoms with E-state index in [1.807, 2.05) is 29.1 Å². The van der Waals surface area contributed by atoms with Crippen LogP contribution < -0.4 is 5.32 Å². The van der Waals surface area contributed by atoms with E-state index < -0.39 is 0 Å². The van der Waals surface area contributed by atoms with Crippen molar-refractivity contribution in [1.82, 2.24) is 14.9 Å². The van der Waals surface area contributed by atoms with E-state index in [1.54, 1.807) is 23.1 Å². The summed E-state index contributed by atoms with van der Waals surface area (Å²) in [5.41, 5.74) is 1.14. The Morgan fingerprint density at radius 1 is 1.39 bits per heavy atom. The molecule has 126 valence electrons. The number of aromatic nitrogens is 2. The number of nitrogens with one attached hydrogen (secondary N) is 1. The second kappa shape index (κ2) is 9.13. The van der Waals surface area contributed by atoms with Crippen LogP contribution in [-0.4, -0.2) is 34.0 Å². The molecule has 0 aliphatic rings. The fraction of sp³-hybridized carbons (Fsp3) is 0.529. The van der Waals surface area contributed by atoms with Gasteiger partial charge in [-0.1, -0.05) is 13.8 Å². The first-order valence-electron chi connectivity index (χ1n) is 7.95. The van der Waals surface area contributed by atoms with Gasteiger partial charge in [0.1, 0.15) is 6.04 Å². The standard InChI is InChI=1S/C17H25N3OS2/c1-13(2)14-12-23-16(19-14)6-8-18-17(21)15(7-11-22-3)20-9-4-5-10-20/h4-5,9-10,12-13,15H,6-8,11H2,1-3H3,(H,18,21). The van der Waals surface area contributed by atoms with Gasteiger partial charge in [0.15, 0.2) is 0 Å². The molecule has 0 saturated heterocycles. The molecule has 0 radical (unpaired) electrons. The molecule has 0 aliphatic heterocycles. The van der Waals surface area contributed by atoms with Crippen molar-refractivity contribution in [3.63, 3.8) is 0 Å². The fourth-order valence-electron chi connectivity index (χ4n) is 2.32. The zero-order chi connectivity index (χ0) is 16.7. The largest absolute Gasteiger partial charge is 0.354 e. The molecule has 0 fully saturated rings. The summed E-state index contributed by atoms with van der Waals surface area (Å²) in [6.07, 6.45) is 7.63. The third-order valence-corrected chi connectivity index (χ3v) is 5.26. The Hall–Kier alpha value is -1.27. The van der Waals surface area contributed by atoms with Gasteiger partial charge in [0, 0.05) is 30.7 Å². The molecule has 1 unspecified atom stereocenters.